The molecule has 1 saturated carbocycles. The molecule has 4 heteroatoms. The fraction of sp³-hybridized carbons (Fsp3) is 0.647. The summed E-state index contributed by atoms with van der Waals surface area (Å²) in [5.41, 5.74) is 0.364. The van der Waals surface area contributed by atoms with Crippen LogP contribution >= 0.6 is 0 Å². The van der Waals surface area contributed by atoms with Crippen molar-refractivity contribution in [3.63, 3.8) is 0 Å². The minimum absolute atomic E-state index is 0.364. The largest absolute Gasteiger partial charge is 0.490 e. The Morgan fingerprint density at radius 3 is 2.33 bits per heavy atom. The molecule has 4 nitrogen and oxygen atoms in total. The summed E-state index contributed by atoms with van der Waals surface area (Å²) in [6.07, 6.45) is 3.93. The molecule has 0 aliphatic heterocycles. The van der Waals surface area contributed by atoms with Crippen molar-refractivity contribution in [1.29, 1.82) is 0 Å². The molecule has 0 saturated heterocycles. The molecule has 1 aliphatic rings. The van der Waals surface area contributed by atoms with Crippen molar-refractivity contribution in [3.05, 3.63) is 24.3 Å². The van der Waals surface area contributed by atoms with Gasteiger partial charge in [0.2, 0.25) is 0 Å². The molecule has 0 radical (unpaired) electrons. The van der Waals surface area contributed by atoms with Crippen molar-refractivity contribution in [2.75, 3.05) is 40.4 Å². The molecule has 0 spiro atoms. The van der Waals surface area contributed by atoms with Gasteiger partial charge in [0, 0.05) is 18.6 Å². The van der Waals surface area contributed by atoms with Crippen molar-refractivity contribution in [2.45, 2.75) is 31.7 Å². The number of hydrogen-bond donors (Lipinski definition) is 1. The number of nitrogens with one attached hydrogen (secondary N) is 1. The van der Waals surface area contributed by atoms with Crippen molar-refractivity contribution < 1.29 is 9.47 Å². The van der Waals surface area contributed by atoms with Gasteiger partial charge < -0.3 is 19.7 Å². The van der Waals surface area contributed by atoms with Crippen LogP contribution in [-0.4, -0.2) is 50.8 Å². The van der Waals surface area contributed by atoms with Gasteiger partial charge in [-0.25, -0.2) is 0 Å². The van der Waals surface area contributed by atoms with Crippen molar-refractivity contribution in [3.8, 4) is 11.5 Å². The van der Waals surface area contributed by atoms with Crippen LogP contribution in [-0.2, 0) is 0 Å². The molecule has 0 atom stereocenters. The highest BCUT2D eigenvalue weighted by atomic mass is 16.5. The number of benzene rings is 1. The van der Waals surface area contributed by atoms with Crippen LogP contribution in [0.2, 0.25) is 0 Å². The zero-order valence-electron chi connectivity index (χ0n) is 13.5. The first kappa shape index (κ1) is 16.1. The zero-order chi connectivity index (χ0) is 15.1. The van der Waals surface area contributed by atoms with E-state index in [2.05, 4.69) is 24.3 Å². The lowest BCUT2D eigenvalue weighted by Crippen LogP contribution is -2.56. The summed E-state index contributed by atoms with van der Waals surface area (Å²) in [6, 6.07) is 7.84. The minimum atomic E-state index is 0.364. The molecule has 1 aliphatic carbocycles. The van der Waals surface area contributed by atoms with E-state index in [4.69, 9.17) is 9.47 Å². The second-order valence-electron chi connectivity index (χ2n) is 5.88. The molecule has 1 aromatic carbocycles. The van der Waals surface area contributed by atoms with Gasteiger partial charge >= 0.3 is 0 Å². The summed E-state index contributed by atoms with van der Waals surface area (Å²) in [6.45, 7) is 5.20. The van der Waals surface area contributed by atoms with E-state index in [1.807, 2.05) is 31.2 Å². The third-order valence-corrected chi connectivity index (χ3v) is 4.37. The smallest absolute Gasteiger partial charge is 0.161 e. The van der Waals surface area contributed by atoms with Gasteiger partial charge in [0.05, 0.1) is 6.61 Å². The van der Waals surface area contributed by atoms with Crippen LogP contribution in [0.15, 0.2) is 24.3 Å². The molecule has 1 N–H and O–H groups in total. The van der Waals surface area contributed by atoms with E-state index in [-0.39, 0.29) is 0 Å². The molecule has 118 valence electrons. The first-order valence-electron chi connectivity index (χ1n) is 7.91. The maximum absolute atomic E-state index is 5.82. The molecule has 1 aromatic rings. The molecular weight excluding hydrogens is 264 g/mol. The molecule has 21 heavy (non-hydrogen) atoms. The van der Waals surface area contributed by atoms with Crippen LogP contribution in [0.3, 0.4) is 0 Å². The van der Waals surface area contributed by atoms with E-state index in [1.54, 1.807) is 0 Å². The normalized spacial score (nSPS) is 16.6. The Labute approximate surface area is 128 Å². The van der Waals surface area contributed by atoms with Gasteiger partial charge in [0.25, 0.3) is 0 Å². The van der Waals surface area contributed by atoms with Crippen molar-refractivity contribution in [2.24, 2.45) is 0 Å². The number of rotatable bonds is 9. The fourth-order valence-corrected chi connectivity index (χ4v) is 2.77. The first-order valence-corrected chi connectivity index (χ1v) is 7.91. The van der Waals surface area contributed by atoms with E-state index >= 15 is 0 Å². The molecule has 0 bridgehead atoms. The van der Waals surface area contributed by atoms with E-state index in [1.165, 1.54) is 19.3 Å². The quantitative estimate of drug-likeness (QED) is 0.709. The molecule has 0 aromatic heterocycles. The molecule has 1 fully saturated rings. The fourth-order valence-electron chi connectivity index (χ4n) is 2.77. The van der Waals surface area contributed by atoms with Gasteiger partial charge in [-0.15, -0.1) is 0 Å². The molecule has 0 amide bonds. The number of hydrogen-bond acceptors (Lipinski definition) is 4. The predicted molar refractivity (Wildman–Crippen MR) is 86.2 cm³/mol. The van der Waals surface area contributed by atoms with Gasteiger partial charge in [0.1, 0.15) is 6.61 Å². The summed E-state index contributed by atoms with van der Waals surface area (Å²) >= 11 is 0. The Kier molecular flexibility index (Phi) is 5.88. The lowest BCUT2D eigenvalue weighted by molar-refractivity contribution is 0.0593. The lowest BCUT2D eigenvalue weighted by Gasteiger charge is -2.47. The molecule has 0 heterocycles. The van der Waals surface area contributed by atoms with Crippen LogP contribution in [0.1, 0.15) is 26.2 Å². The average molecular weight is 292 g/mol. The third-order valence-electron chi connectivity index (χ3n) is 4.37. The van der Waals surface area contributed by atoms with E-state index in [9.17, 15) is 0 Å². The van der Waals surface area contributed by atoms with E-state index < -0.39 is 0 Å². The lowest BCUT2D eigenvalue weighted by atomic mass is 9.75. The Bertz CT molecular complexity index is 431. The van der Waals surface area contributed by atoms with Crippen LogP contribution in [0.4, 0.5) is 0 Å². The van der Waals surface area contributed by atoms with Gasteiger partial charge in [-0.3, -0.25) is 0 Å². The summed E-state index contributed by atoms with van der Waals surface area (Å²) < 4.78 is 11.4. The average Bonchev–Trinajstić information content (AvgIpc) is 2.42. The Hall–Kier alpha value is -1.26. The minimum Gasteiger partial charge on any atom is -0.490 e. The van der Waals surface area contributed by atoms with Gasteiger partial charge in [0.15, 0.2) is 11.5 Å². The standard InChI is InChI=1S/C17H28N2O2/c1-4-20-15-8-5-6-9-16(15)21-13-12-18-14-17(19(2)3)10-7-11-17/h5-6,8-9,18H,4,7,10-14H2,1-3H3. The number of para-hydroxylation sites is 2. The monoisotopic (exact) mass is 292 g/mol. The van der Waals surface area contributed by atoms with E-state index in [0.717, 1.165) is 24.6 Å². The van der Waals surface area contributed by atoms with Crippen LogP contribution in [0.25, 0.3) is 0 Å². The van der Waals surface area contributed by atoms with Gasteiger partial charge in [-0.2, -0.15) is 0 Å². The number of nitrogens with zero attached hydrogens (tertiary/aromatic N) is 1. The zero-order valence-corrected chi connectivity index (χ0v) is 13.5. The van der Waals surface area contributed by atoms with E-state index in [0.29, 0.717) is 18.8 Å². The first-order chi connectivity index (χ1) is 10.2. The van der Waals surface area contributed by atoms with Crippen LogP contribution in [0.5, 0.6) is 11.5 Å². The summed E-state index contributed by atoms with van der Waals surface area (Å²) in [7, 11) is 4.35. The highest BCUT2D eigenvalue weighted by molar-refractivity contribution is 5.39. The second-order valence-corrected chi connectivity index (χ2v) is 5.88. The highest BCUT2D eigenvalue weighted by Crippen LogP contribution is 2.35. The third kappa shape index (κ3) is 4.11. The summed E-state index contributed by atoms with van der Waals surface area (Å²) in [5.74, 6) is 1.65. The van der Waals surface area contributed by atoms with Crippen molar-refractivity contribution in [1.82, 2.24) is 10.2 Å². The van der Waals surface area contributed by atoms with Crippen LogP contribution in [0, 0.1) is 0 Å². The molecule has 0 unspecified atom stereocenters. The SMILES string of the molecule is CCOc1ccccc1OCCNCC1(N(C)C)CCC1. The Balaban J connectivity index is 1.70. The number of ether oxygens (including phenoxy) is 2. The topological polar surface area (TPSA) is 33.7 Å². The molecular formula is C17H28N2O2. The number of likely N-dealkylation sites (N-methyl/N-ethyl adjacent to an activating group) is 1. The van der Waals surface area contributed by atoms with Crippen molar-refractivity contribution >= 4 is 0 Å². The Morgan fingerprint density at radius 1 is 1.14 bits per heavy atom. The van der Waals surface area contributed by atoms with Gasteiger partial charge in [-0.05, 0) is 52.4 Å². The van der Waals surface area contributed by atoms with Crippen LogP contribution < -0.4 is 14.8 Å². The maximum atomic E-state index is 5.82. The maximum Gasteiger partial charge on any atom is 0.161 e. The Morgan fingerprint density at radius 2 is 1.81 bits per heavy atom. The summed E-state index contributed by atoms with van der Waals surface area (Å²) in [4.78, 5) is 2.36. The second kappa shape index (κ2) is 7.66. The van der Waals surface area contributed by atoms with Gasteiger partial charge in [-0.1, -0.05) is 12.1 Å². The summed E-state index contributed by atoms with van der Waals surface area (Å²) in [5, 5.41) is 3.52. The predicted octanol–water partition coefficient (Wildman–Crippen LogP) is 2.54. The highest BCUT2D eigenvalue weighted by Gasteiger charge is 2.38. The molecule has 2 rings (SSSR count).